The summed E-state index contributed by atoms with van der Waals surface area (Å²) in [5.41, 5.74) is 1.07. The number of anilines is 1. The topological polar surface area (TPSA) is 49.4 Å². The normalized spacial score (nSPS) is 16.1. The van der Waals surface area contributed by atoms with Crippen LogP contribution >= 0.6 is 27.7 Å². The number of nitrogens with zero attached hydrogens (tertiary/aromatic N) is 1. The van der Waals surface area contributed by atoms with Gasteiger partial charge in [-0.2, -0.15) is 0 Å². The summed E-state index contributed by atoms with van der Waals surface area (Å²) < 4.78 is 14.6. The van der Waals surface area contributed by atoms with E-state index in [0.29, 0.717) is 0 Å². The number of hydrogen-bond acceptors (Lipinski definition) is 4. The van der Waals surface area contributed by atoms with E-state index in [2.05, 4.69) is 21.2 Å². The lowest BCUT2D eigenvalue weighted by Crippen LogP contribution is -2.33. The Bertz CT molecular complexity index is 824. The monoisotopic (exact) mass is 406 g/mol. The smallest absolute Gasteiger partial charge is 0.295 e. The zero-order valence-electron chi connectivity index (χ0n) is 12.3. The first-order valence-electron chi connectivity index (χ1n) is 7.04. The average Bonchev–Trinajstić information content (AvgIpc) is 2.83. The number of thioether (sulfide) groups is 1. The van der Waals surface area contributed by atoms with Crippen LogP contribution in [-0.2, 0) is 4.79 Å². The fourth-order valence-electron chi connectivity index (χ4n) is 2.11. The molecule has 0 atom stereocenters. The minimum atomic E-state index is -0.433. The van der Waals surface area contributed by atoms with Crippen molar-refractivity contribution in [2.24, 2.45) is 0 Å². The Labute approximate surface area is 150 Å². The molecule has 2 aromatic carbocycles. The second-order valence-electron chi connectivity index (χ2n) is 4.97. The Morgan fingerprint density at radius 3 is 2.54 bits per heavy atom. The van der Waals surface area contributed by atoms with E-state index in [0.717, 1.165) is 26.8 Å². The largest absolute Gasteiger partial charge is 0.367 e. The summed E-state index contributed by atoms with van der Waals surface area (Å²) in [6.45, 7) is 0.0565. The summed E-state index contributed by atoms with van der Waals surface area (Å²) in [6.07, 6.45) is 1.40. The van der Waals surface area contributed by atoms with E-state index in [1.54, 1.807) is 18.2 Å². The third-order valence-electron chi connectivity index (χ3n) is 3.35. The molecule has 122 valence electrons. The molecule has 3 rings (SSSR count). The first-order valence-corrected chi connectivity index (χ1v) is 8.65. The summed E-state index contributed by atoms with van der Waals surface area (Å²) in [5.74, 6) is -0.866. The van der Waals surface area contributed by atoms with Crippen LogP contribution < -0.4 is 5.32 Å². The predicted molar refractivity (Wildman–Crippen MR) is 96.8 cm³/mol. The van der Waals surface area contributed by atoms with Gasteiger partial charge in [-0.05, 0) is 48.2 Å². The third kappa shape index (κ3) is 3.68. The highest BCUT2D eigenvalue weighted by molar-refractivity contribution is 9.10. The number of amides is 2. The van der Waals surface area contributed by atoms with Gasteiger partial charge in [-0.15, -0.1) is 0 Å². The maximum absolute atomic E-state index is 13.7. The van der Waals surface area contributed by atoms with E-state index in [4.69, 9.17) is 0 Å². The van der Waals surface area contributed by atoms with Crippen LogP contribution in [0.1, 0.15) is 5.56 Å². The molecule has 1 aliphatic rings. The van der Waals surface area contributed by atoms with Crippen LogP contribution in [0.3, 0.4) is 0 Å². The second-order valence-corrected chi connectivity index (χ2v) is 6.88. The molecule has 1 N–H and O–H groups in total. The molecule has 0 spiro atoms. The van der Waals surface area contributed by atoms with Crippen molar-refractivity contribution < 1.29 is 14.0 Å². The molecule has 0 aromatic heterocycles. The molecule has 0 saturated carbocycles. The van der Waals surface area contributed by atoms with Crippen LogP contribution in [0.25, 0.3) is 6.08 Å². The summed E-state index contributed by atoms with van der Waals surface area (Å²) in [6, 6.07) is 13.5. The maximum Gasteiger partial charge on any atom is 0.295 e. The fraction of sp³-hybridized carbons (Fsp3) is 0.0588. The number of imide groups is 1. The van der Waals surface area contributed by atoms with Gasteiger partial charge in [-0.1, -0.05) is 34.1 Å². The van der Waals surface area contributed by atoms with Crippen LogP contribution in [0.2, 0.25) is 0 Å². The van der Waals surface area contributed by atoms with Crippen molar-refractivity contribution in [3.8, 4) is 0 Å². The minimum Gasteiger partial charge on any atom is -0.367 e. The van der Waals surface area contributed by atoms with E-state index in [1.165, 1.54) is 12.1 Å². The molecule has 1 heterocycles. The van der Waals surface area contributed by atoms with E-state index in [-0.39, 0.29) is 22.4 Å². The number of rotatable bonds is 4. The maximum atomic E-state index is 13.7. The highest BCUT2D eigenvalue weighted by atomic mass is 79.9. The molecule has 4 nitrogen and oxygen atoms in total. The summed E-state index contributed by atoms with van der Waals surface area (Å²) in [4.78, 5) is 25.7. The molecule has 0 aliphatic carbocycles. The van der Waals surface area contributed by atoms with Gasteiger partial charge in [0.25, 0.3) is 11.1 Å². The Morgan fingerprint density at radius 1 is 1.12 bits per heavy atom. The summed E-state index contributed by atoms with van der Waals surface area (Å²) in [5, 5.41) is 2.64. The molecule has 2 amide bonds. The zero-order valence-corrected chi connectivity index (χ0v) is 14.7. The molecule has 0 unspecified atom stereocenters. The van der Waals surface area contributed by atoms with Gasteiger partial charge in [0.1, 0.15) is 5.82 Å². The number of hydrogen-bond donors (Lipinski definition) is 1. The highest BCUT2D eigenvalue weighted by Crippen LogP contribution is 2.32. The first-order chi connectivity index (χ1) is 11.5. The Kier molecular flexibility index (Phi) is 5.01. The first kappa shape index (κ1) is 16.7. The standard InChI is InChI=1S/C17H12BrFN2O2S/c18-12-5-7-13(8-6-12)20-10-21-16(22)15(24-17(21)23)9-11-3-1-2-4-14(11)19/h1-9,20H,10H2/b15-9+. The van der Waals surface area contributed by atoms with E-state index in [9.17, 15) is 14.0 Å². The predicted octanol–water partition coefficient (Wildman–Crippen LogP) is 4.69. The van der Waals surface area contributed by atoms with Gasteiger partial charge >= 0.3 is 0 Å². The number of nitrogens with one attached hydrogen (secondary N) is 1. The average molecular weight is 407 g/mol. The second kappa shape index (κ2) is 7.19. The van der Waals surface area contributed by atoms with Crippen LogP contribution in [0.4, 0.5) is 14.9 Å². The van der Waals surface area contributed by atoms with Crippen molar-refractivity contribution in [1.82, 2.24) is 4.90 Å². The van der Waals surface area contributed by atoms with E-state index >= 15 is 0 Å². The SMILES string of the molecule is O=C1S/C(=C/c2ccccc2F)C(=O)N1CNc1ccc(Br)cc1. The molecule has 24 heavy (non-hydrogen) atoms. The minimum absolute atomic E-state index is 0.0565. The molecular formula is C17H12BrFN2O2S. The molecule has 0 bridgehead atoms. The zero-order chi connectivity index (χ0) is 17.1. The Morgan fingerprint density at radius 2 is 1.83 bits per heavy atom. The van der Waals surface area contributed by atoms with Crippen LogP contribution in [-0.4, -0.2) is 22.7 Å². The number of carbonyl (C=O) groups excluding carboxylic acids is 2. The Balaban J connectivity index is 1.72. The van der Waals surface area contributed by atoms with Gasteiger partial charge in [0.15, 0.2) is 0 Å². The summed E-state index contributed by atoms with van der Waals surface area (Å²) in [7, 11) is 0. The van der Waals surface area contributed by atoms with Crippen molar-refractivity contribution in [3.63, 3.8) is 0 Å². The van der Waals surface area contributed by atoms with E-state index < -0.39 is 11.7 Å². The van der Waals surface area contributed by atoms with Crippen molar-refractivity contribution in [2.45, 2.75) is 0 Å². The lowest BCUT2D eigenvalue weighted by Gasteiger charge is -2.14. The molecular weight excluding hydrogens is 395 g/mol. The Hall–Kier alpha value is -2.12. The van der Waals surface area contributed by atoms with Crippen molar-refractivity contribution in [2.75, 3.05) is 12.0 Å². The van der Waals surface area contributed by atoms with Crippen molar-refractivity contribution in [3.05, 3.63) is 69.3 Å². The quantitative estimate of drug-likeness (QED) is 0.747. The van der Waals surface area contributed by atoms with Gasteiger partial charge in [0.2, 0.25) is 0 Å². The van der Waals surface area contributed by atoms with Gasteiger partial charge in [0.05, 0.1) is 11.6 Å². The molecule has 1 aliphatic heterocycles. The fourth-order valence-corrected chi connectivity index (χ4v) is 3.20. The van der Waals surface area contributed by atoms with E-state index in [1.807, 2.05) is 24.3 Å². The number of carbonyl (C=O) groups is 2. The van der Waals surface area contributed by atoms with Crippen LogP contribution in [0.5, 0.6) is 0 Å². The lowest BCUT2D eigenvalue weighted by molar-refractivity contribution is -0.122. The molecule has 1 saturated heterocycles. The number of benzene rings is 2. The van der Waals surface area contributed by atoms with Gasteiger partial charge < -0.3 is 5.32 Å². The molecule has 0 radical (unpaired) electrons. The third-order valence-corrected chi connectivity index (χ3v) is 4.79. The molecule has 2 aromatic rings. The van der Waals surface area contributed by atoms with Gasteiger partial charge in [-0.25, -0.2) is 4.39 Å². The van der Waals surface area contributed by atoms with Crippen LogP contribution in [0, 0.1) is 5.82 Å². The lowest BCUT2D eigenvalue weighted by atomic mass is 10.2. The van der Waals surface area contributed by atoms with Crippen LogP contribution in [0.15, 0.2) is 57.9 Å². The molecule has 1 fully saturated rings. The van der Waals surface area contributed by atoms with Crippen molar-refractivity contribution >= 4 is 50.6 Å². The molecule has 7 heteroatoms. The number of halogens is 2. The van der Waals surface area contributed by atoms with Crippen molar-refractivity contribution in [1.29, 1.82) is 0 Å². The van der Waals surface area contributed by atoms with Gasteiger partial charge in [-0.3, -0.25) is 14.5 Å². The van der Waals surface area contributed by atoms with Gasteiger partial charge in [0, 0.05) is 15.7 Å². The summed E-state index contributed by atoms with van der Waals surface area (Å²) >= 11 is 4.15. The highest BCUT2D eigenvalue weighted by Gasteiger charge is 2.34.